The molecule has 2 heterocycles. The number of rotatable bonds is 5. The van der Waals surface area contributed by atoms with Crippen molar-refractivity contribution < 1.29 is 0 Å². The topological polar surface area (TPSA) is 45.4 Å². The largest absolute Gasteiger partial charge is 0.326 e. The van der Waals surface area contributed by atoms with Gasteiger partial charge in [-0.1, -0.05) is 13.0 Å². The van der Waals surface area contributed by atoms with Crippen molar-refractivity contribution in [3.63, 3.8) is 0 Å². The van der Waals surface area contributed by atoms with Crippen LogP contribution in [-0.2, 0) is 0 Å². The Kier molecular flexibility index (Phi) is 4.91. The van der Waals surface area contributed by atoms with Gasteiger partial charge in [0.25, 0.3) is 0 Å². The van der Waals surface area contributed by atoms with Crippen molar-refractivity contribution in [3.8, 4) is 0 Å². The monoisotopic (exact) mass is 262 g/mol. The van der Waals surface area contributed by atoms with Gasteiger partial charge in [0.2, 0.25) is 0 Å². The number of pyridine rings is 1. The lowest BCUT2D eigenvalue weighted by atomic mass is 10.0. The number of likely N-dealkylation sites (N-methyl/N-ethyl adjacent to an activating group) is 1. The van der Waals surface area contributed by atoms with E-state index in [1.54, 1.807) is 0 Å². The lowest BCUT2D eigenvalue weighted by molar-refractivity contribution is 0.186. The number of nitrogens with zero attached hydrogens (tertiary/aromatic N) is 3. The fraction of sp³-hybridized carbons (Fsp3) is 0.667. The van der Waals surface area contributed by atoms with E-state index in [0.29, 0.717) is 6.04 Å². The third-order valence-corrected chi connectivity index (χ3v) is 4.19. The average molecular weight is 262 g/mol. The van der Waals surface area contributed by atoms with Crippen LogP contribution in [0.25, 0.3) is 0 Å². The third-order valence-electron chi connectivity index (χ3n) is 4.19. The first-order valence-corrected chi connectivity index (χ1v) is 7.20. The first kappa shape index (κ1) is 14.4. The van der Waals surface area contributed by atoms with Crippen LogP contribution in [0.4, 0.5) is 0 Å². The maximum Gasteiger partial charge on any atom is 0.0674 e. The molecule has 3 atom stereocenters. The Morgan fingerprint density at radius 3 is 2.79 bits per heavy atom. The molecular formula is C15H26N4. The number of hydrogen-bond donors (Lipinski definition) is 1. The second-order valence-corrected chi connectivity index (χ2v) is 5.67. The molecule has 1 aliphatic rings. The van der Waals surface area contributed by atoms with Gasteiger partial charge in [0, 0.05) is 31.4 Å². The molecule has 1 aromatic rings. The van der Waals surface area contributed by atoms with Gasteiger partial charge in [-0.15, -0.1) is 0 Å². The first-order chi connectivity index (χ1) is 9.13. The van der Waals surface area contributed by atoms with Gasteiger partial charge in [-0.3, -0.25) is 9.88 Å². The van der Waals surface area contributed by atoms with Gasteiger partial charge in [0.15, 0.2) is 0 Å². The van der Waals surface area contributed by atoms with Crippen LogP contribution < -0.4 is 5.73 Å². The van der Waals surface area contributed by atoms with E-state index < -0.39 is 0 Å². The highest BCUT2D eigenvalue weighted by molar-refractivity contribution is 5.12. The molecule has 0 spiro atoms. The van der Waals surface area contributed by atoms with E-state index in [0.717, 1.165) is 25.2 Å². The van der Waals surface area contributed by atoms with Gasteiger partial charge in [0.1, 0.15) is 0 Å². The molecule has 1 aliphatic heterocycles. The molecule has 0 saturated carbocycles. The predicted molar refractivity (Wildman–Crippen MR) is 78.9 cm³/mol. The van der Waals surface area contributed by atoms with Crippen LogP contribution in [-0.4, -0.2) is 54.1 Å². The molecule has 2 N–H and O–H groups in total. The van der Waals surface area contributed by atoms with Crippen LogP contribution in [0.3, 0.4) is 0 Å². The van der Waals surface area contributed by atoms with Gasteiger partial charge in [-0.25, -0.2) is 0 Å². The molecular weight excluding hydrogens is 236 g/mol. The minimum absolute atomic E-state index is 0.149. The Hall–Kier alpha value is -0.970. The van der Waals surface area contributed by atoms with E-state index in [-0.39, 0.29) is 12.1 Å². The molecule has 0 radical (unpaired) electrons. The van der Waals surface area contributed by atoms with Gasteiger partial charge >= 0.3 is 0 Å². The second kappa shape index (κ2) is 6.46. The fourth-order valence-corrected chi connectivity index (χ4v) is 2.89. The first-order valence-electron chi connectivity index (χ1n) is 7.20. The van der Waals surface area contributed by atoms with Crippen molar-refractivity contribution in [2.45, 2.75) is 37.9 Å². The number of hydrogen-bond acceptors (Lipinski definition) is 4. The summed E-state index contributed by atoms with van der Waals surface area (Å²) in [5.41, 5.74) is 7.46. The van der Waals surface area contributed by atoms with Crippen LogP contribution in [0.15, 0.2) is 24.4 Å². The number of nitrogens with two attached hydrogens (primary N) is 1. The van der Waals surface area contributed by atoms with Crippen LogP contribution in [0.1, 0.15) is 31.5 Å². The quantitative estimate of drug-likeness (QED) is 0.873. The maximum atomic E-state index is 6.36. The maximum absolute atomic E-state index is 6.36. The lowest BCUT2D eigenvalue weighted by Gasteiger charge is -2.32. The van der Waals surface area contributed by atoms with Gasteiger partial charge < -0.3 is 10.6 Å². The predicted octanol–water partition coefficient (Wildman–Crippen LogP) is 1.50. The normalized spacial score (nSPS) is 23.7. The highest BCUT2D eigenvalue weighted by atomic mass is 15.3. The van der Waals surface area contributed by atoms with E-state index in [2.05, 4.69) is 47.9 Å². The lowest BCUT2D eigenvalue weighted by Crippen LogP contribution is -2.41. The zero-order valence-electron chi connectivity index (χ0n) is 12.3. The summed E-state index contributed by atoms with van der Waals surface area (Å²) in [5, 5.41) is 0. The molecule has 4 heteroatoms. The Morgan fingerprint density at radius 2 is 2.26 bits per heavy atom. The second-order valence-electron chi connectivity index (χ2n) is 5.67. The summed E-state index contributed by atoms with van der Waals surface area (Å²) in [6.07, 6.45) is 4.06. The van der Waals surface area contributed by atoms with E-state index in [1.807, 2.05) is 12.3 Å². The zero-order chi connectivity index (χ0) is 13.8. The van der Waals surface area contributed by atoms with E-state index in [1.165, 1.54) is 6.42 Å². The molecule has 4 nitrogen and oxygen atoms in total. The Labute approximate surface area is 116 Å². The highest BCUT2D eigenvalue weighted by Gasteiger charge is 2.33. The van der Waals surface area contributed by atoms with Crippen LogP contribution in [0.5, 0.6) is 0 Å². The molecule has 106 valence electrons. The Morgan fingerprint density at radius 1 is 1.47 bits per heavy atom. The molecule has 0 bridgehead atoms. The Bertz CT molecular complexity index is 379. The summed E-state index contributed by atoms with van der Waals surface area (Å²) in [5.74, 6) is 0. The van der Waals surface area contributed by atoms with Crippen molar-refractivity contribution in [1.29, 1.82) is 0 Å². The van der Waals surface area contributed by atoms with E-state index in [9.17, 15) is 0 Å². The van der Waals surface area contributed by atoms with Gasteiger partial charge in [-0.05, 0) is 39.1 Å². The molecule has 1 aromatic heterocycles. The molecule has 19 heavy (non-hydrogen) atoms. The molecule has 3 unspecified atom stereocenters. The summed E-state index contributed by atoms with van der Waals surface area (Å²) in [6.45, 7) is 4.35. The van der Waals surface area contributed by atoms with Crippen molar-refractivity contribution in [3.05, 3.63) is 30.1 Å². The summed E-state index contributed by atoms with van der Waals surface area (Å²) < 4.78 is 0. The van der Waals surface area contributed by atoms with E-state index in [4.69, 9.17) is 5.73 Å². The minimum Gasteiger partial charge on any atom is -0.326 e. The van der Waals surface area contributed by atoms with Crippen molar-refractivity contribution in [2.24, 2.45) is 5.73 Å². The van der Waals surface area contributed by atoms with Crippen molar-refractivity contribution in [1.82, 2.24) is 14.8 Å². The SMILES string of the molecule is CCC(N)C(c1ccccn1)N1CCC(N(C)C)C1. The van der Waals surface area contributed by atoms with Crippen LogP contribution in [0, 0.1) is 0 Å². The summed E-state index contributed by atoms with van der Waals surface area (Å²) >= 11 is 0. The Balaban J connectivity index is 2.16. The van der Waals surface area contributed by atoms with Gasteiger partial charge in [-0.2, -0.15) is 0 Å². The highest BCUT2D eigenvalue weighted by Crippen LogP contribution is 2.28. The zero-order valence-corrected chi connectivity index (χ0v) is 12.3. The molecule has 1 saturated heterocycles. The standard InChI is InChI=1S/C15H26N4/c1-4-13(16)15(14-7-5-6-9-17-14)19-10-8-12(11-19)18(2)3/h5-7,9,12-13,15H,4,8,10-11,16H2,1-3H3. The average Bonchev–Trinajstić information content (AvgIpc) is 2.89. The molecule has 2 rings (SSSR count). The van der Waals surface area contributed by atoms with Crippen LogP contribution >= 0.6 is 0 Å². The molecule has 0 aliphatic carbocycles. The molecule has 1 fully saturated rings. The fourth-order valence-electron chi connectivity index (χ4n) is 2.89. The minimum atomic E-state index is 0.149. The summed E-state index contributed by atoms with van der Waals surface area (Å²) in [6, 6.07) is 7.15. The number of likely N-dealkylation sites (tertiary alicyclic amines) is 1. The van der Waals surface area contributed by atoms with E-state index >= 15 is 0 Å². The molecule has 0 aromatic carbocycles. The van der Waals surface area contributed by atoms with Crippen molar-refractivity contribution >= 4 is 0 Å². The summed E-state index contributed by atoms with van der Waals surface area (Å²) in [7, 11) is 4.31. The summed E-state index contributed by atoms with van der Waals surface area (Å²) in [4.78, 5) is 9.34. The third kappa shape index (κ3) is 3.32. The smallest absolute Gasteiger partial charge is 0.0674 e. The number of aromatic nitrogens is 1. The van der Waals surface area contributed by atoms with Gasteiger partial charge in [0.05, 0.1) is 11.7 Å². The van der Waals surface area contributed by atoms with Crippen LogP contribution in [0.2, 0.25) is 0 Å². The molecule has 0 amide bonds. The van der Waals surface area contributed by atoms with Crippen molar-refractivity contribution in [2.75, 3.05) is 27.2 Å².